The van der Waals surface area contributed by atoms with Crippen molar-refractivity contribution in [1.82, 2.24) is 9.21 Å². The van der Waals surface area contributed by atoms with Gasteiger partial charge in [-0.2, -0.15) is 22.7 Å². The van der Waals surface area contributed by atoms with Gasteiger partial charge >= 0.3 is 6.18 Å². The summed E-state index contributed by atoms with van der Waals surface area (Å²) in [5.41, 5.74) is -3.17. The van der Waals surface area contributed by atoms with Gasteiger partial charge in [0.05, 0.1) is 16.9 Å². The zero-order chi connectivity index (χ0) is 20.5. The third-order valence-corrected chi connectivity index (χ3v) is 6.28. The molecule has 1 aromatic rings. The topological polar surface area (TPSA) is 102 Å². The van der Waals surface area contributed by atoms with E-state index in [4.69, 9.17) is 5.26 Å². The molecule has 1 aliphatic rings. The minimum atomic E-state index is -4.95. The number of halogens is 3. The number of nitriles is 1. The minimum Gasteiger partial charge on any atom is -0.380 e. The van der Waals surface area contributed by atoms with Gasteiger partial charge in [0, 0.05) is 26.2 Å². The first-order valence-electron chi connectivity index (χ1n) is 7.96. The average molecular weight is 405 g/mol. The van der Waals surface area contributed by atoms with E-state index in [-0.39, 0.29) is 36.6 Å². The molecule has 148 valence electrons. The molecule has 1 N–H and O–H groups in total. The predicted molar refractivity (Wildman–Crippen MR) is 87.8 cm³/mol. The van der Waals surface area contributed by atoms with Gasteiger partial charge in [-0.05, 0) is 19.1 Å². The lowest BCUT2D eigenvalue weighted by Crippen LogP contribution is -2.53. The van der Waals surface area contributed by atoms with Gasteiger partial charge in [-0.1, -0.05) is 12.1 Å². The largest absolute Gasteiger partial charge is 0.417 e. The molecule has 1 heterocycles. The standard InChI is InChI=1S/C16H18F3N3O4S/c1-15(24,16(17,18)19)10-14(23)21-6-8-22(9-7-21)27(25,26)13-5-3-2-4-12(13)11-20/h2-5,24H,6-10H2,1H3/t15-/m1/s1. The van der Waals surface area contributed by atoms with Crippen LogP contribution in [0.4, 0.5) is 13.2 Å². The average Bonchev–Trinajstić information content (AvgIpc) is 2.60. The molecule has 1 saturated heterocycles. The molecule has 11 heteroatoms. The van der Waals surface area contributed by atoms with Crippen LogP contribution in [0.25, 0.3) is 0 Å². The van der Waals surface area contributed by atoms with Gasteiger partial charge in [-0.25, -0.2) is 8.42 Å². The summed E-state index contributed by atoms with van der Waals surface area (Å²) in [7, 11) is -3.97. The summed E-state index contributed by atoms with van der Waals surface area (Å²) in [5.74, 6) is -0.910. The highest BCUT2D eigenvalue weighted by atomic mass is 32.2. The fourth-order valence-corrected chi connectivity index (χ4v) is 4.17. The van der Waals surface area contributed by atoms with Gasteiger partial charge in [-0.15, -0.1) is 0 Å². The summed E-state index contributed by atoms with van der Waals surface area (Å²) in [4.78, 5) is 13.0. The Kier molecular flexibility index (Phi) is 5.84. The van der Waals surface area contributed by atoms with Crippen molar-refractivity contribution in [3.05, 3.63) is 29.8 Å². The Morgan fingerprint density at radius 2 is 1.78 bits per heavy atom. The summed E-state index contributed by atoms with van der Waals surface area (Å²) in [6.07, 6.45) is -6.09. The zero-order valence-corrected chi connectivity index (χ0v) is 15.2. The number of hydrogen-bond acceptors (Lipinski definition) is 5. The number of rotatable bonds is 4. The summed E-state index contributed by atoms with van der Waals surface area (Å²) in [6.45, 7) is 0.0515. The first-order valence-corrected chi connectivity index (χ1v) is 9.40. The van der Waals surface area contributed by atoms with Crippen molar-refractivity contribution in [3.63, 3.8) is 0 Å². The van der Waals surface area contributed by atoms with Crippen LogP contribution >= 0.6 is 0 Å². The number of sulfonamides is 1. The van der Waals surface area contributed by atoms with E-state index in [1.54, 1.807) is 6.07 Å². The Hall–Kier alpha value is -2.16. The molecule has 0 unspecified atom stereocenters. The quantitative estimate of drug-likeness (QED) is 0.808. The third-order valence-electron chi connectivity index (χ3n) is 4.32. The van der Waals surface area contributed by atoms with Crippen LogP contribution < -0.4 is 0 Å². The molecule has 0 spiro atoms. The third kappa shape index (κ3) is 4.40. The highest BCUT2D eigenvalue weighted by molar-refractivity contribution is 7.89. The van der Waals surface area contributed by atoms with E-state index in [1.165, 1.54) is 24.3 Å². The fourth-order valence-electron chi connectivity index (χ4n) is 2.61. The van der Waals surface area contributed by atoms with Crippen molar-refractivity contribution in [1.29, 1.82) is 5.26 Å². The van der Waals surface area contributed by atoms with Crippen LogP contribution in [0.15, 0.2) is 29.2 Å². The molecule has 2 rings (SSSR count). The number of aliphatic hydroxyl groups is 1. The Labute approximate surface area is 154 Å². The van der Waals surface area contributed by atoms with E-state index in [9.17, 15) is 31.5 Å². The number of alkyl halides is 3. The van der Waals surface area contributed by atoms with Crippen molar-refractivity contribution in [2.24, 2.45) is 0 Å². The minimum absolute atomic E-state index is 0.0165. The molecule has 0 aliphatic carbocycles. The van der Waals surface area contributed by atoms with Gasteiger partial charge < -0.3 is 10.0 Å². The summed E-state index contributed by atoms with van der Waals surface area (Å²) in [6, 6.07) is 7.47. The van der Waals surface area contributed by atoms with Crippen LogP contribution in [0.1, 0.15) is 18.9 Å². The highest BCUT2D eigenvalue weighted by Crippen LogP contribution is 2.33. The molecule has 27 heavy (non-hydrogen) atoms. The maximum atomic E-state index is 12.7. The van der Waals surface area contributed by atoms with Crippen molar-refractivity contribution in [2.45, 2.75) is 30.0 Å². The maximum Gasteiger partial charge on any atom is 0.417 e. The van der Waals surface area contributed by atoms with Crippen LogP contribution in [-0.2, 0) is 14.8 Å². The van der Waals surface area contributed by atoms with E-state index in [0.717, 1.165) is 9.21 Å². The van der Waals surface area contributed by atoms with Crippen molar-refractivity contribution in [2.75, 3.05) is 26.2 Å². The van der Waals surface area contributed by atoms with Crippen molar-refractivity contribution >= 4 is 15.9 Å². The predicted octanol–water partition coefficient (Wildman–Crippen LogP) is 1.09. The van der Waals surface area contributed by atoms with Crippen LogP contribution in [-0.4, -0.2) is 66.6 Å². The summed E-state index contributed by atoms with van der Waals surface area (Å²) < 4.78 is 64.6. The van der Waals surface area contributed by atoms with Crippen molar-refractivity contribution < 1.29 is 31.5 Å². The maximum absolute atomic E-state index is 12.7. The van der Waals surface area contributed by atoms with E-state index in [1.807, 2.05) is 0 Å². The molecule has 1 aromatic carbocycles. The Bertz CT molecular complexity index is 854. The summed E-state index contributed by atoms with van der Waals surface area (Å²) >= 11 is 0. The monoisotopic (exact) mass is 405 g/mol. The second-order valence-corrected chi connectivity index (χ2v) is 8.25. The zero-order valence-electron chi connectivity index (χ0n) is 14.4. The molecule has 0 saturated carbocycles. The van der Waals surface area contributed by atoms with Crippen LogP contribution in [0.5, 0.6) is 0 Å². The second-order valence-electron chi connectivity index (χ2n) is 6.34. The van der Waals surface area contributed by atoms with Crippen molar-refractivity contribution in [3.8, 4) is 6.07 Å². The molecule has 1 fully saturated rings. The van der Waals surface area contributed by atoms with Gasteiger partial charge in [-0.3, -0.25) is 4.79 Å². The molecule has 0 radical (unpaired) electrons. The molecule has 0 bridgehead atoms. The Morgan fingerprint density at radius 3 is 2.30 bits per heavy atom. The fraction of sp³-hybridized carbons (Fsp3) is 0.500. The Balaban J connectivity index is 2.07. The van der Waals surface area contributed by atoms with Crippen LogP contribution in [0, 0.1) is 11.3 Å². The van der Waals surface area contributed by atoms with E-state index >= 15 is 0 Å². The molecular formula is C16H18F3N3O4S. The van der Waals surface area contributed by atoms with Gasteiger partial charge in [0.25, 0.3) is 0 Å². The lowest BCUT2D eigenvalue weighted by atomic mass is 10.0. The molecule has 7 nitrogen and oxygen atoms in total. The lowest BCUT2D eigenvalue weighted by Gasteiger charge is -2.36. The summed E-state index contributed by atoms with van der Waals surface area (Å²) in [5, 5.41) is 18.5. The number of benzene rings is 1. The molecule has 1 amide bonds. The SMILES string of the molecule is C[C@@](O)(CC(=O)N1CCN(S(=O)(=O)c2ccccc2C#N)CC1)C(F)(F)F. The first kappa shape index (κ1) is 21.1. The van der Waals surface area contributed by atoms with E-state index < -0.39 is 34.1 Å². The Morgan fingerprint density at radius 1 is 1.22 bits per heavy atom. The lowest BCUT2D eigenvalue weighted by molar-refractivity contribution is -0.254. The van der Waals surface area contributed by atoms with Crippen LogP contribution in [0.2, 0.25) is 0 Å². The number of amides is 1. The van der Waals surface area contributed by atoms with Gasteiger partial charge in [0.15, 0.2) is 5.60 Å². The molecule has 1 atom stereocenters. The van der Waals surface area contributed by atoms with Gasteiger partial charge in [0.1, 0.15) is 6.07 Å². The smallest absolute Gasteiger partial charge is 0.380 e. The number of hydrogen-bond donors (Lipinski definition) is 1. The second kappa shape index (κ2) is 7.46. The van der Waals surface area contributed by atoms with E-state index in [2.05, 4.69) is 0 Å². The molecule has 1 aliphatic heterocycles. The number of carbonyl (C=O) groups excluding carboxylic acids is 1. The van der Waals surface area contributed by atoms with E-state index in [0.29, 0.717) is 6.92 Å². The number of nitrogens with zero attached hydrogens (tertiary/aromatic N) is 3. The number of piperazine rings is 1. The highest BCUT2D eigenvalue weighted by Gasteiger charge is 2.51. The van der Waals surface area contributed by atoms with Crippen LogP contribution in [0.3, 0.4) is 0 Å². The molecular weight excluding hydrogens is 387 g/mol. The number of carbonyl (C=O) groups is 1. The first-order chi connectivity index (χ1) is 12.4. The molecule has 0 aromatic heterocycles. The van der Waals surface area contributed by atoms with Gasteiger partial charge in [0.2, 0.25) is 15.9 Å². The normalized spacial score (nSPS) is 18.6.